The molecule has 0 atom stereocenters. The van der Waals surface area contributed by atoms with Crippen LogP contribution >= 0.6 is 0 Å². The predicted molar refractivity (Wildman–Crippen MR) is 147 cm³/mol. The lowest BCUT2D eigenvalue weighted by molar-refractivity contribution is -0.00658. The highest BCUT2D eigenvalue weighted by Crippen LogP contribution is 2.63. The summed E-state index contributed by atoms with van der Waals surface area (Å²) in [4.78, 5) is 11.2. The summed E-state index contributed by atoms with van der Waals surface area (Å²) >= 11 is 0. The second-order valence-corrected chi connectivity index (χ2v) is 15.1. The molecule has 4 fully saturated rings. The second kappa shape index (κ2) is 8.96. The molecule has 6 rings (SSSR count). The molecule has 0 spiro atoms. The minimum Gasteiger partial charge on any atom is -0.546 e. The van der Waals surface area contributed by atoms with Crippen molar-refractivity contribution in [3.8, 4) is 5.75 Å². The summed E-state index contributed by atoms with van der Waals surface area (Å²) in [6.07, 6.45) is 12.5. The Kier molecular flexibility index (Phi) is 6.23. The molecule has 0 radical (unpaired) electrons. The largest absolute Gasteiger partial charge is 0.546 e. The van der Waals surface area contributed by atoms with Gasteiger partial charge in [-0.25, -0.2) is 4.79 Å². The Balaban J connectivity index is 1.63. The quantitative estimate of drug-likeness (QED) is 0.335. The van der Waals surface area contributed by atoms with Gasteiger partial charge in [-0.05, 0) is 98.0 Å². The molecule has 186 valence electrons. The van der Waals surface area contributed by atoms with Crippen molar-refractivity contribution in [1.82, 2.24) is 0 Å². The van der Waals surface area contributed by atoms with E-state index in [4.69, 9.17) is 4.43 Å². The Morgan fingerprint density at radius 2 is 1.51 bits per heavy atom. The minimum atomic E-state index is -1.34. The van der Waals surface area contributed by atoms with E-state index >= 15 is 0 Å². The first kappa shape index (κ1) is 24.4. The van der Waals surface area contributed by atoms with E-state index in [0.717, 1.165) is 34.6 Å². The normalized spacial score (nSPS) is 27.7. The first-order valence-electron chi connectivity index (χ1n) is 13.4. The van der Waals surface area contributed by atoms with Crippen LogP contribution in [0.1, 0.15) is 91.9 Å². The zero-order valence-electron chi connectivity index (χ0n) is 21.9. The van der Waals surface area contributed by atoms with Crippen LogP contribution in [0.15, 0.2) is 36.4 Å². The molecule has 2 aromatic rings. The molecule has 35 heavy (non-hydrogen) atoms. The minimum absolute atomic E-state index is 0.0597. The SMILES string of the molecule is C[SiH](C)Oc1c(/C=C/c2ccc(C(=O)O)cc2)ccc(C(C)(C)C)c1C12CC3CC(CC(C3)C1)C2. The molecule has 0 aliphatic heterocycles. The van der Waals surface area contributed by atoms with Crippen LogP contribution in [0, 0.1) is 17.8 Å². The first-order valence-corrected chi connectivity index (χ1v) is 16.2. The zero-order valence-corrected chi connectivity index (χ0v) is 23.1. The third-order valence-electron chi connectivity index (χ3n) is 8.53. The van der Waals surface area contributed by atoms with Crippen molar-refractivity contribution in [2.24, 2.45) is 17.8 Å². The lowest BCUT2D eigenvalue weighted by Gasteiger charge is -2.58. The highest BCUT2D eigenvalue weighted by molar-refractivity contribution is 6.49. The van der Waals surface area contributed by atoms with E-state index in [9.17, 15) is 9.90 Å². The van der Waals surface area contributed by atoms with Crippen molar-refractivity contribution < 1.29 is 14.3 Å². The number of carbonyl (C=O) groups is 1. The van der Waals surface area contributed by atoms with Crippen molar-refractivity contribution in [2.75, 3.05) is 0 Å². The van der Waals surface area contributed by atoms with Gasteiger partial charge >= 0.3 is 5.97 Å². The fraction of sp³-hybridized carbons (Fsp3) is 0.516. The van der Waals surface area contributed by atoms with Gasteiger partial charge in [-0.1, -0.05) is 57.2 Å². The molecule has 3 nitrogen and oxygen atoms in total. The standard InChI is InChI=1S/C31H40O3Si/c1-30(2,3)26-13-12-24(9-6-20-7-10-25(11-8-20)29(32)33)28(34-35(4)5)27(26)31-17-21-14-22(18-31)16-23(15-21)19-31/h6-13,21-23,35H,14-19H2,1-5H3,(H,32,33)/b9-6+. The van der Waals surface area contributed by atoms with Gasteiger partial charge in [0.15, 0.2) is 0 Å². The predicted octanol–water partition coefficient (Wildman–Crippen LogP) is 7.68. The van der Waals surface area contributed by atoms with Gasteiger partial charge in [0.2, 0.25) is 9.04 Å². The van der Waals surface area contributed by atoms with Gasteiger partial charge in [-0.15, -0.1) is 0 Å². The molecule has 4 saturated carbocycles. The lowest BCUT2D eigenvalue weighted by Crippen LogP contribution is -2.49. The van der Waals surface area contributed by atoms with Crippen LogP contribution in [0.2, 0.25) is 13.1 Å². The number of carboxylic acid groups (broad SMARTS) is 1. The summed E-state index contributed by atoms with van der Waals surface area (Å²) in [5.41, 5.74) is 5.77. The summed E-state index contributed by atoms with van der Waals surface area (Å²) in [5.74, 6) is 2.89. The van der Waals surface area contributed by atoms with E-state index in [1.165, 1.54) is 49.7 Å². The number of aromatic carboxylic acids is 1. The zero-order chi connectivity index (χ0) is 25.0. The topological polar surface area (TPSA) is 46.5 Å². The summed E-state index contributed by atoms with van der Waals surface area (Å²) in [7, 11) is -1.34. The van der Waals surface area contributed by atoms with Gasteiger partial charge in [0, 0.05) is 16.5 Å². The van der Waals surface area contributed by atoms with Gasteiger partial charge in [0.05, 0.1) is 5.56 Å². The molecule has 4 heteroatoms. The van der Waals surface area contributed by atoms with E-state index in [2.05, 4.69) is 58.2 Å². The average Bonchev–Trinajstić information content (AvgIpc) is 2.76. The summed E-state index contributed by atoms with van der Waals surface area (Å²) in [5, 5.41) is 9.21. The first-order chi connectivity index (χ1) is 16.5. The van der Waals surface area contributed by atoms with Crippen molar-refractivity contribution in [3.05, 3.63) is 64.2 Å². The molecule has 4 aliphatic carbocycles. The van der Waals surface area contributed by atoms with Gasteiger partial charge in [0.25, 0.3) is 0 Å². The average molecular weight is 489 g/mol. The van der Waals surface area contributed by atoms with E-state index in [-0.39, 0.29) is 10.8 Å². The summed E-state index contributed by atoms with van der Waals surface area (Å²) in [6, 6.07) is 11.7. The van der Waals surface area contributed by atoms with E-state index in [0.29, 0.717) is 5.56 Å². The molecule has 0 amide bonds. The van der Waals surface area contributed by atoms with Crippen LogP contribution in [0.25, 0.3) is 12.2 Å². The van der Waals surface area contributed by atoms with Crippen LogP contribution in [-0.2, 0) is 10.8 Å². The maximum atomic E-state index is 11.2. The number of hydrogen-bond acceptors (Lipinski definition) is 2. The van der Waals surface area contributed by atoms with Crippen LogP contribution in [0.3, 0.4) is 0 Å². The van der Waals surface area contributed by atoms with E-state index in [1.807, 2.05) is 12.1 Å². The molecular weight excluding hydrogens is 448 g/mol. The summed E-state index contributed by atoms with van der Waals surface area (Å²) < 4.78 is 6.85. The van der Waals surface area contributed by atoms with E-state index < -0.39 is 15.0 Å². The number of benzene rings is 2. The van der Waals surface area contributed by atoms with Crippen LogP contribution in [0.5, 0.6) is 5.75 Å². The fourth-order valence-electron chi connectivity index (χ4n) is 7.58. The molecule has 2 aromatic carbocycles. The third-order valence-corrected chi connectivity index (χ3v) is 9.24. The van der Waals surface area contributed by atoms with Gasteiger partial charge < -0.3 is 9.53 Å². The Hall–Kier alpha value is -2.33. The maximum Gasteiger partial charge on any atom is 0.335 e. The molecule has 4 aliphatic rings. The van der Waals surface area contributed by atoms with Gasteiger partial charge in [-0.3, -0.25) is 0 Å². The highest BCUT2D eigenvalue weighted by atomic mass is 28.3. The number of hydrogen-bond donors (Lipinski definition) is 1. The second-order valence-electron chi connectivity index (χ2n) is 12.8. The van der Waals surface area contributed by atoms with Gasteiger partial charge in [-0.2, -0.15) is 0 Å². The Labute approximate surface area is 212 Å². The smallest absolute Gasteiger partial charge is 0.335 e. The molecule has 0 unspecified atom stereocenters. The lowest BCUT2D eigenvalue weighted by atomic mass is 9.47. The van der Waals surface area contributed by atoms with Crippen LogP contribution in [0.4, 0.5) is 0 Å². The third kappa shape index (κ3) is 4.74. The number of carboxylic acids is 1. The summed E-state index contributed by atoms with van der Waals surface area (Å²) in [6.45, 7) is 11.6. The maximum absolute atomic E-state index is 11.2. The van der Waals surface area contributed by atoms with Crippen molar-refractivity contribution >= 4 is 27.2 Å². The van der Waals surface area contributed by atoms with Crippen LogP contribution in [-0.4, -0.2) is 20.1 Å². The molecular formula is C31H40O3Si. The Morgan fingerprint density at radius 3 is 2.00 bits per heavy atom. The fourth-order valence-corrected chi connectivity index (χ4v) is 8.31. The Morgan fingerprint density at radius 1 is 0.943 bits per heavy atom. The highest BCUT2D eigenvalue weighted by Gasteiger charge is 2.53. The molecule has 0 heterocycles. The van der Waals surface area contributed by atoms with Crippen molar-refractivity contribution in [3.63, 3.8) is 0 Å². The Bertz CT molecular complexity index is 1100. The van der Waals surface area contributed by atoms with Crippen molar-refractivity contribution in [1.29, 1.82) is 0 Å². The molecule has 0 aromatic heterocycles. The monoisotopic (exact) mass is 488 g/mol. The van der Waals surface area contributed by atoms with Crippen LogP contribution < -0.4 is 4.43 Å². The molecule has 4 bridgehead atoms. The number of rotatable bonds is 6. The van der Waals surface area contributed by atoms with Crippen molar-refractivity contribution in [2.45, 2.75) is 83.2 Å². The van der Waals surface area contributed by atoms with Gasteiger partial charge in [0.1, 0.15) is 5.75 Å². The molecule has 1 N–H and O–H groups in total. The molecule has 0 saturated heterocycles. The van der Waals surface area contributed by atoms with E-state index in [1.54, 1.807) is 12.1 Å².